The number of nitrogens with zero attached hydrogens (tertiary/aromatic N) is 1. The summed E-state index contributed by atoms with van der Waals surface area (Å²) in [5.41, 5.74) is 3.13. The number of benzene rings is 3. The number of rotatable bonds is 3. The van der Waals surface area contributed by atoms with Crippen molar-refractivity contribution in [3.63, 3.8) is 0 Å². The lowest BCUT2D eigenvalue weighted by atomic mass is 9.99. The van der Waals surface area contributed by atoms with Gasteiger partial charge in [-0.1, -0.05) is 48.2 Å². The first-order chi connectivity index (χ1) is 13.3. The third-order valence-corrected chi connectivity index (χ3v) is 4.91. The summed E-state index contributed by atoms with van der Waals surface area (Å²) in [6, 6.07) is 20.3. The molecule has 0 bridgehead atoms. The number of hydrogen-bond donors (Lipinski definition) is 1. The number of phenolic OH excluding ortho intramolecular Hbond substituents is 1. The van der Waals surface area contributed by atoms with Gasteiger partial charge in [0, 0.05) is 25.1 Å². The SMILES string of the molecule is Oc1cc2ccc(C#CCN3CCOCC3)cc2cc1Cc1ccccc1. The Kier molecular flexibility index (Phi) is 5.39. The van der Waals surface area contributed by atoms with E-state index in [1.54, 1.807) is 0 Å². The smallest absolute Gasteiger partial charge is 0.119 e. The van der Waals surface area contributed by atoms with Crippen LogP contribution in [-0.2, 0) is 11.2 Å². The van der Waals surface area contributed by atoms with Crippen LogP contribution in [0.15, 0.2) is 60.7 Å². The van der Waals surface area contributed by atoms with Crippen molar-refractivity contribution in [1.29, 1.82) is 0 Å². The standard InChI is InChI=1S/C24H23NO2/c26-24-18-21-9-8-20(7-4-10-25-11-13-27-14-12-25)15-22(21)17-23(24)16-19-5-2-1-3-6-19/h1-3,5-6,8-9,15,17-18,26H,10-14,16H2. The summed E-state index contributed by atoms with van der Waals surface area (Å²) in [5, 5.41) is 12.5. The van der Waals surface area contributed by atoms with E-state index in [1.165, 1.54) is 5.56 Å². The first-order valence-corrected chi connectivity index (χ1v) is 9.36. The molecule has 136 valence electrons. The minimum atomic E-state index is 0.345. The Bertz CT molecular complexity index is 980. The van der Waals surface area contributed by atoms with Crippen LogP contribution in [0.5, 0.6) is 5.75 Å². The molecule has 0 aromatic heterocycles. The number of morpholine rings is 1. The lowest BCUT2D eigenvalue weighted by Crippen LogP contribution is -2.36. The Labute approximate surface area is 160 Å². The molecule has 0 spiro atoms. The summed E-state index contributed by atoms with van der Waals surface area (Å²) in [6.45, 7) is 4.27. The van der Waals surface area contributed by atoms with Crippen LogP contribution in [-0.4, -0.2) is 42.9 Å². The van der Waals surface area contributed by atoms with Crippen molar-refractivity contribution in [2.24, 2.45) is 0 Å². The Morgan fingerprint density at radius 3 is 2.56 bits per heavy atom. The molecule has 1 N–H and O–H groups in total. The van der Waals surface area contributed by atoms with Gasteiger partial charge in [-0.3, -0.25) is 4.90 Å². The van der Waals surface area contributed by atoms with Gasteiger partial charge in [0.25, 0.3) is 0 Å². The molecule has 1 saturated heterocycles. The molecule has 0 amide bonds. The first kappa shape index (κ1) is 17.6. The van der Waals surface area contributed by atoms with Crippen LogP contribution in [0.1, 0.15) is 16.7 Å². The second-order valence-corrected chi connectivity index (χ2v) is 6.90. The summed E-state index contributed by atoms with van der Waals surface area (Å²) in [4.78, 5) is 2.31. The molecule has 27 heavy (non-hydrogen) atoms. The molecule has 3 aromatic carbocycles. The van der Waals surface area contributed by atoms with Gasteiger partial charge in [0.1, 0.15) is 5.75 Å². The van der Waals surface area contributed by atoms with Crippen LogP contribution in [0.3, 0.4) is 0 Å². The van der Waals surface area contributed by atoms with E-state index in [4.69, 9.17) is 4.74 Å². The molecular weight excluding hydrogens is 334 g/mol. The second-order valence-electron chi connectivity index (χ2n) is 6.90. The van der Waals surface area contributed by atoms with Gasteiger partial charge in [0.05, 0.1) is 19.8 Å². The maximum absolute atomic E-state index is 10.4. The van der Waals surface area contributed by atoms with Gasteiger partial charge >= 0.3 is 0 Å². The van der Waals surface area contributed by atoms with Crippen LogP contribution < -0.4 is 0 Å². The summed E-state index contributed by atoms with van der Waals surface area (Å²) >= 11 is 0. The van der Waals surface area contributed by atoms with Crippen LogP contribution in [0, 0.1) is 11.8 Å². The predicted molar refractivity (Wildman–Crippen MR) is 109 cm³/mol. The van der Waals surface area contributed by atoms with E-state index in [1.807, 2.05) is 36.4 Å². The van der Waals surface area contributed by atoms with Gasteiger partial charge in [-0.15, -0.1) is 0 Å². The van der Waals surface area contributed by atoms with E-state index >= 15 is 0 Å². The maximum atomic E-state index is 10.4. The molecule has 3 aromatic rings. The Balaban J connectivity index is 1.55. The van der Waals surface area contributed by atoms with E-state index in [2.05, 4.69) is 41.0 Å². The monoisotopic (exact) mass is 357 g/mol. The fourth-order valence-corrected chi connectivity index (χ4v) is 3.38. The third-order valence-electron chi connectivity index (χ3n) is 4.91. The Morgan fingerprint density at radius 1 is 0.926 bits per heavy atom. The molecule has 0 unspecified atom stereocenters. The van der Waals surface area contributed by atoms with Crippen molar-refractivity contribution in [2.75, 3.05) is 32.8 Å². The summed E-state index contributed by atoms with van der Waals surface area (Å²) in [6.07, 6.45) is 0.718. The van der Waals surface area contributed by atoms with Crippen LogP contribution in [0.4, 0.5) is 0 Å². The normalized spacial score (nSPS) is 14.7. The van der Waals surface area contributed by atoms with Gasteiger partial charge < -0.3 is 9.84 Å². The molecule has 3 heteroatoms. The molecular formula is C24H23NO2. The maximum Gasteiger partial charge on any atom is 0.119 e. The predicted octanol–water partition coefficient (Wildman–Crippen LogP) is 3.82. The molecule has 0 aliphatic carbocycles. The number of phenols is 1. The Morgan fingerprint density at radius 2 is 1.74 bits per heavy atom. The van der Waals surface area contributed by atoms with Crippen molar-refractivity contribution >= 4 is 10.8 Å². The van der Waals surface area contributed by atoms with Crippen LogP contribution in [0.25, 0.3) is 10.8 Å². The highest BCUT2D eigenvalue weighted by Gasteiger charge is 2.08. The number of hydrogen-bond acceptors (Lipinski definition) is 3. The molecule has 3 nitrogen and oxygen atoms in total. The van der Waals surface area contributed by atoms with E-state index in [0.29, 0.717) is 5.75 Å². The zero-order valence-corrected chi connectivity index (χ0v) is 15.3. The number of ether oxygens (including phenoxy) is 1. The molecule has 0 radical (unpaired) electrons. The van der Waals surface area contributed by atoms with Gasteiger partial charge in [-0.05, 0) is 46.2 Å². The highest BCUT2D eigenvalue weighted by atomic mass is 16.5. The molecule has 1 heterocycles. The third kappa shape index (κ3) is 4.49. The van der Waals surface area contributed by atoms with Gasteiger partial charge in [0.15, 0.2) is 0 Å². The topological polar surface area (TPSA) is 32.7 Å². The van der Waals surface area contributed by atoms with E-state index in [-0.39, 0.29) is 0 Å². The summed E-state index contributed by atoms with van der Waals surface area (Å²) in [7, 11) is 0. The number of fused-ring (bicyclic) bond motifs is 1. The van der Waals surface area contributed by atoms with Crippen molar-refractivity contribution in [3.05, 3.63) is 77.4 Å². The zero-order chi connectivity index (χ0) is 18.5. The molecule has 0 atom stereocenters. The molecule has 1 aliphatic heterocycles. The summed E-state index contributed by atoms with van der Waals surface area (Å²) < 4.78 is 5.37. The minimum absolute atomic E-state index is 0.345. The number of aromatic hydroxyl groups is 1. The van der Waals surface area contributed by atoms with Crippen LogP contribution in [0.2, 0.25) is 0 Å². The van der Waals surface area contributed by atoms with Crippen molar-refractivity contribution in [3.8, 4) is 17.6 Å². The molecule has 0 saturated carbocycles. The fraction of sp³-hybridized carbons (Fsp3) is 0.250. The van der Waals surface area contributed by atoms with Gasteiger partial charge in [-0.25, -0.2) is 0 Å². The largest absolute Gasteiger partial charge is 0.508 e. The second kappa shape index (κ2) is 8.26. The Hall–Kier alpha value is -2.80. The van der Waals surface area contributed by atoms with E-state index < -0.39 is 0 Å². The lowest BCUT2D eigenvalue weighted by molar-refractivity contribution is 0.0443. The highest BCUT2D eigenvalue weighted by Crippen LogP contribution is 2.27. The first-order valence-electron chi connectivity index (χ1n) is 9.36. The van der Waals surface area contributed by atoms with Crippen LogP contribution >= 0.6 is 0 Å². The van der Waals surface area contributed by atoms with Gasteiger partial charge in [-0.2, -0.15) is 0 Å². The average molecular weight is 357 g/mol. The molecule has 1 fully saturated rings. The quantitative estimate of drug-likeness (QED) is 0.724. The van der Waals surface area contributed by atoms with E-state index in [0.717, 1.165) is 61.2 Å². The lowest BCUT2D eigenvalue weighted by Gasteiger charge is -2.24. The minimum Gasteiger partial charge on any atom is -0.508 e. The summed E-state index contributed by atoms with van der Waals surface area (Å²) in [5.74, 6) is 6.89. The van der Waals surface area contributed by atoms with Crippen molar-refractivity contribution in [2.45, 2.75) is 6.42 Å². The average Bonchev–Trinajstić information content (AvgIpc) is 2.70. The van der Waals surface area contributed by atoms with Gasteiger partial charge in [0.2, 0.25) is 0 Å². The highest BCUT2D eigenvalue weighted by molar-refractivity contribution is 5.86. The van der Waals surface area contributed by atoms with Crippen molar-refractivity contribution < 1.29 is 9.84 Å². The molecule has 1 aliphatic rings. The molecule has 4 rings (SSSR count). The fourth-order valence-electron chi connectivity index (χ4n) is 3.38. The van der Waals surface area contributed by atoms with E-state index in [9.17, 15) is 5.11 Å². The zero-order valence-electron chi connectivity index (χ0n) is 15.3. The van der Waals surface area contributed by atoms with Crippen molar-refractivity contribution in [1.82, 2.24) is 4.90 Å².